The number of hydrogen-bond donors (Lipinski definition) is 0. The Balaban J connectivity index is 2.39. The molecule has 14 heavy (non-hydrogen) atoms. The molecule has 0 fully saturated rings. The van der Waals surface area contributed by atoms with E-state index in [0.29, 0.717) is 0 Å². The molecule has 0 bridgehead atoms. The lowest BCUT2D eigenvalue weighted by molar-refractivity contribution is 0.286. The fraction of sp³-hybridized carbons (Fsp3) is 0.583. The summed E-state index contributed by atoms with van der Waals surface area (Å²) in [5.74, 6) is 0.976. The maximum atomic E-state index is 5.53. The highest BCUT2D eigenvalue weighted by atomic mass is 16.5. The molecule has 1 aromatic heterocycles. The summed E-state index contributed by atoms with van der Waals surface area (Å²) in [5.41, 5.74) is 2.60. The van der Waals surface area contributed by atoms with Gasteiger partial charge in [0.15, 0.2) is 0 Å². The Morgan fingerprint density at radius 1 is 1.36 bits per heavy atom. The molecule has 2 nitrogen and oxygen atoms in total. The molecule has 2 rings (SSSR count). The molecule has 0 N–H and O–H groups in total. The van der Waals surface area contributed by atoms with E-state index in [1.165, 1.54) is 5.56 Å². The van der Waals surface area contributed by atoms with Gasteiger partial charge in [0.2, 0.25) is 0 Å². The highest BCUT2D eigenvalue weighted by Crippen LogP contribution is 2.28. The van der Waals surface area contributed by atoms with Crippen LogP contribution >= 0.6 is 0 Å². The first kappa shape index (κ1) is 9.50. The van der Waals surface area contributed by atoms with Gasteiger partial charge in [-0.3, -0.25) is 4.98 Å². The number of nitrogens with zero attached hydrogens (tertiary/aromatic N) is 1. The number of hydrogen-bond acceptors (Lipinski definition) is 2. The zero-order valence-electron chi connectivity index (χ0n) is 9.13. The van der Waals surface area contributed by atoms with E-state index >= 15 is 0 Å². The lowest BCUT2D eigenvalue weighted by Crippen LogP contribution is -2.16. The van der Waals surface area contributed by atoms with Crippen LogP contribution in [0.25, 0.3) is 0 Å². The Morgan fingerprint density at radius 3 is 2.86 bits per heavy atom. The molecule has 0 saturated heterocycles. The molecule has 0 amide bonds. The topological polar surface area (TPSA) is 22.1 Å². The summed E-state index contributed by atoms with van der Waals surface area (Å²) in [6.07, 6.45) is 4.12. The van der Waals surface area contributed by atoms with Crippen molar-refractivity contribution < 1.29 is 4.74 Å². The highest BCUT2D eigenvalue weighted by Gasteiger charge is 2.18. The molecule has 1 aliphatic heterocycles. The van der Waals surface area contributed by atoms with Crippen LogP contribution in [0.2, 0.25) is 0 Å². The average molecular weight is 191 g/mol. The standard InChI is InChI=1S/C12H17NO/c1-12(2,3)11-7-9-5-4-6-14-10(9)8-13-11/h7-8H,4-6H2,1-3H3. The number of rotatable bonds is 0. The summed E-state index contributed by atoms with van der Waals surface area (Å²) in [5, 5.41) is 0. The third-order valence-electron chi connectivity index (χ3n) is 2.56. The lowest BCUT2D eigenvalue weighted by atomic mass is 9.90. The monoisotopic (exact) mass is 191 g/mol. The highest BCUT2D eigenvalue weighted by molar-refractivity contribution is 5.35. The van der Waals surface area contributed by atoms with Crippen molar-refractivity contribution in [1.29, 1.82) is 0 Å². The largest absolute Gasteiger partial charge is 0.492 e. The SMILES string of the molecule is CC(C)(C)c1cc2c(cn1)OCCC2. The fourth-order valence-corrected chi connectivity index (χ4v) is 1.66. The molecular weight excluding hydrogens is 174 g/mol. The van der Waals surface area contributed by atoms with Crippen LogP contribution in [0.5, 0.6) is 5.75 Å². The van der Waals surface area contributed by atoms with Gasteiger partial charge in [-0.2, -0.15) is 0 Å². The smallest absolute Gasteiger partial charge is 0.140 e. The van der Waals surface area contributed by atoms with Crippen molar-refractivity contribution in [1.82, 2.24) is 4.98 Å². The average Bonchev–Trinajstić information content (AvgIpc) is 2.16. The third-order valence-corrected chi connectivity index (χ3v) is 2.56. The van der Waals surface area contributed by atoms with Gasteiger partial charge in [-0.1, -0.05) is 20.8 Å². The Bertz CT molecular complexity index is 339. The quantitative estimate of drug-likeness (QED) is 0.629. The lowest BCUT2D eigenvalue weighted by Gasteiger charge is -2.22. The predicted molar refractivity (Wildman–Crippen MR) is 56.8 cm³/mol. The van der Waals surface area contributed by atoms with E-state index in [0.717, 1.165) is 30.9 Å². The number of aryl methyl sites for hydroxylation is 1. The van der Waals surface area contributed by atoms with Gasteiger partial charge in [0.05, 0.1) is 12.8 Å². The van der Waals surface area contributed by atoms with Crippen LogP contribution in [0, 0.1) is 0 Å². The molecule has 0 aliphatic carbocycles. The van der Waals surface area contributed by atoms with Gasteiger partial charge in [-0.15, -0.1) is 0 Å². The zero-order chi connectivity index (χ0) is 10.2. The van der Waals surface area contributed by atoms with Crippen LogP contribution in [-0.2, 0) is 11.8 Å². The van der Waals surface area contributed by atoms with Gasteiger partial charge in [0.25, 0.3) is 0 Å². The van der Waals surface area contributed by atoms with Gasteiger partial charge in [-0.25, -0.2) is 0 Å². The predicted octanol–water partition coefficient (Wildman–Crippen LogP) is 2.70. The van der Waals surface area contributed by atoms with Crippen molar-refractivity contribution in [2.45, 2.75) is 39.0 Å². The summed E-state index contributed by atoms with van der Waals surface area (Å²) in [4.78, 5) is 4.44. The van der Waals surface area contributed by atoms with Crippen LogP contribution < -0.4 is 4.74 Å². The van der Waals surface area contributed by atoms with E-state index in [1.54, 1.807) is 0 Å². The second-order valence-corrected chi connectivity index (χ2v) is 4.88. The molecule has 0 atom stereocenters. The molecule has 1 aliphatic rings. The zero-order valence-corrected chi connectivity index (χ0v) is 9.13. The van der Waals surface area contributed by atoms with E-state index in [2.05, 4.69) is 31.8 Å². The second-order valence-electron chi connectivity index (χ2n) is 4.88. The first-order valence-electron chi connectivity index (χ1n) is 5.19. The van der Waals surface area contributed by atoms with Gasteiger partial charge < -0.3 is 4.74 Å². The summed E-state index contributed by atoms with van der Waals surface area (Å²) in [7, 11) is 0. The maximum Gasteiger partial charge on any atom is 0.140 e. The van der Waals surface area contributed by atoms with Crippen molar-refractivity contribution in [3.8, 4) is 5.75 Å². The molecule has 76 valence electrons. The van der Waals surface area contributed by atoms with Crippen LogP contribution in [0.3, 0.4) is 0 Å². The molecule has 0 saturated carbocycles. The summed E-state index contributed by atoms with van der Waals surface area (Å²) in [6, 6.07) is 2.19. The molecular formula is C12H17NO. The summed E-state index contributed by atoms with van der Waals surface area (Å²) < 4.78 is 5.53. The molecule has 2 heteroatoms. The van der Waals surface area contributed by atoms with Gasteiger partial charge in [0, 0.05) is 11.1 Å². The minimum Gasteiger partial charge on any atom is -0.492 e. The van der Waals surface area contributed by atoms with Gasteiger partial charge in [0.1, 0.15) is 5.75 Å². The Hall–Kier alpha value is -1.05. The van der Waals surface area contributed by atoms with Gasteiger partial charge in [-0.05, 0) is 24.5 Å². The normalized spacial score (nSPS) is 15.9. The summed E-state index contributed by atoms with van der Waals surface area (Å²) >= 11 is 0. The summed E-state index contributed by atoms with van der Waals surface area (Å²) in [6.45, 7) is 7.39. The Labute approximate surface area is 85.3 Å². The van der Waals surface area contributed by atoms with Crippen molar-refractivity contribution in [3.05, 3.63) is 23.5 Å². The molecule has 0 radical (unpaired) electrons. The number of ether oxygens (including phenoxy) is 1. The van der Waals surface area contributed by atoms with Crippen LogP contribution in [0.4, 0.5) is 0 Å². The van der Waals surface area contributed by atoms with Crippen molar-refractivity contribution in [2.75, 3.05) is 6.61 Å². The molecule has 1 aromatic rings. The molecule has 0 unspecified atom stereocenters. The second kappa shape index (κ2) is 3.26. The molecule has 0 aromatic carbocycles. The van der Waals surface area contributed by atoms with Gasteiger partial charge >= 0.3 is 0 Å². The van der Waals surface area contributed by atoms with E-state index in [1.807, 2.05) is 6.20 Å². The minimum absolute atomic E-state index is 0.131. The van der Waals surface area contributed by atoms with Crippen molar-refractivity contribution in [3.63, 3.8) is 0 Å². The van der Waals surface area contributed by atoms with Crippen LogP contribution in [0.1, 0.15) is 38.4 Å². The maximum absolute atomic E-state index is 5.53. The number of aromatic nitrogens is 1. The number of pyridine rings is 1. The van der Waals surface area contributed by atoms with E-state index in [4.69, 9.17) is 4.74 Å². The first-order chi connectivity index (χ1) is 6.57. The Kier molecular flexibility index (Phi) is 2.22. The minimum atomic E-state index is 0.131. The molecule has 2 heterocycles. The number of fused-ring (bicyclic) bond motifs is 1. The first-order valence-corrected chi connectivity index (χ1v) is 5.19. The van der Waals surface area contributed by atoms with Crippen LogP contribution in [0.15, 0.2) is 12.3 Å². The third kappa shape index (κ3) is 1.74. The fourth-order valence-electron chi connectivity index (χ4n) is 1.66. The van der Waals surface area contributed by atoms with Crippen molar-refractivity contribution in [2.24, 2.45) is 0 Å². The van der Waals surface area contributed by atoms with Crippen LogP contribution in [-0.4, -0.2) is 11.6 Å². The molecule has 0 spiro atoms. The Morgan fingerprint density at radius 2 is 2.14 bits per heavy atom. The van der Waals surface area contributed by atoms with E-state index in [9.17, 15) is 0 Å². The van der Waals surface area contributed by atoms with Crippen molar-refractivity contribution >= 4 is 0 Å². The van der Waals surface area contributed by atoms with E-state index in [-0.39, 0.29) is 5.41 Å². The van der Waals surface area contributed by atoms with E-state index < -0.39 is 0 Å².